The summed E-state index contributed by atoms with van der Waals surface area (Å²) in [7, 11) is 0. The predicted octanol–water partition coefficient (Wildman–Crippen LogP) is 3.66. The highest BCUT2D eigenvalue weighted by atomic mass is 16.5. The van der Waals surface area contributed by atoms with E-state index in [-0.39, 0.29) is 11.7 Å². The number of hydrogen-bond donors (Lipinski definition) is 0. The third-order valence-corrected chi connectivity index (χ3v) is 4.72. The van der Waals surface area contributed by atoms with Gasteiger partial charge in [0.2, 0.25) is 0 Å². The molecule has 0 amide bonds. The van der Waals surface area contributed by atoms with E-state index in [9.17, 15) is 9.70 Å². The van der Waals surface area contributed by atoms with Gasteiger partial charge in [-0.3, -0.25) is 4.79 Å². The topological polar surface area (TPSA) is 62.9 Å². The largest absolute Gasteiger partial charge is 0.331 e. The van der Waals surface area contributed by atoms with Crippen LogP contribution in [0.1, 0.15) is 42.5 Å². The third-order valence-electron chi connectivity index (χ3n) is 4.72. The Hall–Kier alpha value is -2.60. The summed E-state index contributed by atoms with van der Waals surface area (Å²) in [6, 6.07) is 3.78. The van der Waals surface area contributed by atoms with E-state index in [1.54, 1.807) is 12.2 Å². The van der Waals surface area contributed by atoms with Crippen molar-refractivity contribution in [1.29, 1.82) is 0 Å². The third kappa shape index (κ3) is 4.95. The van der Waals surface area contributed by atoms with Gasteiger partial charge in [0.25, 0.3) is 6.73 Å². The van der Waals surface area contributed by atoms with Gasteiger partial charge in [-0.1, -0.05) is 19.3 Å². The van der Waals surface area contributed by atoms with Crippen LogP contribution in [0.4, 0.5) is 0 Å². The van der Waals surface area contributed by atoms with Gasteiger partial charge < -0.3 is 9.64 Å². The van der Waals surface area contributed by atoms with Gasteiger partial charge in [0, 0.05) is 24.4 Å². The first kappa shape index (κ1) is 18.2. The second-order valence-electron chi connectivity index (χ2n) is 6.65. The maximum Gasteiger partial charge on any atom is 0.254 e. The van der Waals surface area contributed by atoms with Crippen molar-refractivity contribution >= 4 is 5.78 Å². The molecule has 1 aliphatic carbocycles. The number of carbonyl (C=O) groups excluding carboxylic acids is 1. The fraction of sp³-hybridized carbons (Fsp3) is 0.400. The van der Waals surface area contributed by atoms with Crippen LogP contribution in [0, 0.1) is 10.8 Å². The van der Waals surface area contributed by atoms with Crippen LogP contribution in [0.2, 0.25) is 0 Å². The molecule has 0 bridgehead atoms. The lowest BCUT2D eigenvalue weighted by Crippen LogP contribution is -2.37. The normalized spacial score (nSPS) is 17.4. The molecular formula is C20H24N3O3+. The van der Waals surface area contributed by atoms with Crippen LogP contribution in [0.15, 0.2) is 66.0 Å². The van der Waals surface area contributed by atoms with Crippen LogP contribution in [0.25, 0.3) is 0 Å². The molecule has 1 saturated carbocycles. The first-order chi connectivity index (χ1) is 12.8. The van der Waals surface area contributed by atoms with Crippen molar-refractivity contribution in [2.24, 2.45) is 11.1 Å². The van der Waals surface area contributed by atoms with E-state index in [0.29, 0.717) is 13.5 Å². The molecule has 1 aromatic heterocycles. The maximum absolute atomic E-state index is 12.6. The molecule has 0 saturated heterocycles. The van der Waals surface area contributed by atoms with Gasteiger partial charge >= 0.3 is 0 Å². The summed E-state index contributed by atoms with van der Waals surface area (Å²) in [5.41, 5.74) is 1.51. The zero-order valence-electron chi connectivity index (χ0n) is 14.8. The summed E-state index contributed by atoms with van der Waals surface area (Å²) in [5, 5.41) is 2.75. The number of pyridine rings is 1. The molecule has 0 spiro atoms. The van der Waals surface area contributed by atoms with Crippen molar-refractivity contribution in [3.05, 3.63) is 71.3 Å². The Morgan fingerprint density at radius 3 is 2.77 bits per heavy atom. The highest BCUT2D eigenvalue weighted by Crippen LogP contribution is 2.26. The summed E-state index contributed by atoms with van der Waals surface area (Å²) in [5.74, 6) is 0.427. The number of hydrogen-bond acceptors (Lipinski definition) is 5. The van der Waals surface area contributed by atoms with Crippen molar-refractivity contribution in [2.75, 3.05) is 6.73 Å². The second-order valence-corrected chi connectivity index (χ2v) is 6.65. The Morgan fingerprint density at radius 2 is 2.04 bits per heavy atom. The molecule has 0 N–H and O–H groups in total. The SMILES string of the molecule is O=NC=C1C=CN(COC[n+]2cccc(C(=O)C3CCCCC3)c2)C=C1. The van der Waals surface area contributed by atoms with Crippen LogP contribution in [-0.4, -0.2) is 17.4 Å². The summed E-state index contributed by atoms with van der Waals surface area (Å²) in [6.45, 7) is 0.741. The standard InChI is InChI=1S/C20H24N3O3/c24-20(18-5-2-1-3-6-18)19-7-4-10-23(14-19)16-26-15-22-11-8-17(9-12-22)13-21-25/h4,7-14,18H,1-3,5-6,15-16H2/q+1. The number of Topliss-reactive ketones (excluding diaryl/α,β-unsaturated/α-hetero) is 1. The molecule has 3 rings (SSSR count). The first-order valence-corrected chi connectivity index (χ1v) is 9.02. The lowest BCUT2D eigenvalue weighted by atomic mass is 9.84. The number of nitrogens with zero attached hydrogens (tertiary/aromatic N) is 3. The summed E-state index contributed by atoms with van der Waals surface area (Å²) < 4.78 is 7.59. The van der Waals surface area contributed by atoms with Crippen molar-refractivity contribution in [1.82, 2.24) is 4.90 Å². The quantitative estimate of drug-likeness (QED) is 0.426. The van der Waals surface area contributed by atoms with Crippen molar-refractivity contribution in [3.63, 3.8) is 0 Å². The number of aromatic nitrogens is 1. The van der Waals surface area contributed by atoms with E-state index in [4.69, 9.17) is 4.74 Å². The summed E-state index contributed by atoms with van der Waals surface area (Å²) in [6.07, 6.45) is 17.8. The molecule has 2 heterocycles. The first-order valence-electron chi connectivity index (χ1n) is 9.02. The molecule has 1 fully saturated rings. The van der Waals surface area contributed by atoms with E-state index >= 15 is 0 Å². The Bertz CT molecular complexity index is 718. The molecule has 6 nitrogen and oxygen atoms in total. The van der Waals surface area contributed by atoms with Crippen LogP contribution in [-0.2, 0) is 11.5 Å². The van der Waals surface area contributed by atoms with E-state index in [0.717, 1.165) is 36.8 Å². The monoisotopic (exact) mass is 354 g/mol. The van der Waals surface area contributed by atoms with Gasteiger partial charge in [-0.05, 0) is 41.8 Å². The fourth-order valence-corrected chi connectivity index (χ4v) is 3.30. The minimum Gasteiger partial charge on any atom is -0.331 e. The summed E-state index contributed by atoms with van der Waals surface area (Å²) >= 11 is 0. The van der Waals surface area contributed by atoms with E-state index in [2.05, 4.69) is 5.18 Å². The fourth-order valence-electron chi connectivity index (χ4n) is 3.30. The van der Waals surface area contributed by atoms with Crippen molar-refractivity contribution in [3.8, 4) is 0 Å². The Balaban J connectivity index is 1.51. The molecule has 136 valence electrons. The average Bonchev–Trinajstić information content (AvgIpc) is 2.70. The highest BCUT2D eigenvalue weighted by molar-refractivity contribution is 5.97. The highest BCUT2D eigenvalue weighted by Gasteiger charge is 2.23. The molecule has 1 aromatic rings. The number of ether oxygens (including phenoxy) is 1. The summed E-state index contributed by atoms with van der Waals surface area (Å²) in [4.78, 5) is 24.7. The average molecular weight is 354 g/mol. The second kappa shape index (κ2) is 9.20. The van der Waals surface area contributed by atoms with Crippen LogP contribution in [0.3, 0.4) is 0 Å². The van der Waals surface area contributed by atoms with Gasteiger partial charge in [-0.25, -0.2) is 0 Å². The van der Waals surface area contributed by atoms with Gasteiger partial charge in [-0.15, -0.1) is 4.91 Å². The van der Waals surface area contributed by atoms with Gasteiger partial charge in [0.15, 0.2) is 18.2 Å². The number of ketones is 1. The number of allylic oxidation sites excluding steroid dienone is 3. The number of carbonyl (C=O) groups is 1. The molecular weight excluding hydrogens is 330 g/mol. The van der Waals surface area contributed by atoms with E-state index in [1.807, 2.05) is 46.4 Å². The minimum atomic E-state index is 0.173. The van der Waals surface area contributed by atoms with Crippen molar-refractivity contribution in [2.45, 2.75) is 38.8 Å². The van der Waals surface area contributed by atoms with Crippen LogP contribution < -0.4 is 4.57 Å². The minimum absolute atomic E-state index is 0.173. The molecule has 0 atom stereocenters. The van der Waals surface area contributed by atoms with Gasteiger partial charge in [0.05, 0.1) is 11.8 Å². The Morgan fingerprint density at radius 1 is 1.27 bits per heavy atom. The van der Waals surface area contributed by atoms with E-state index < -0.39 is 0 Å². The number of nitroso groups, excluding NO2 is 1. The molecule has 0 radical (unpaired) electrons. The molecule has 2 aliphatic rings. The molecule has 1 aliphatic heterocycles. The Labute approximate surface area is 153 Å². The lowest BCUT2D eigenvalue weighted by molar-refractivity contribution is -0.733. The van der Waals surface area contributed by atoms with Crippen molar-refractivity contribution < 1.29 is 14.1 Å². The molecule has 0 aromatic carbocycles. The number of rotatable bonds is 7. The lowest BCUT2D eigenvalue weighted by Gasteiger charge is -2.19. The van der Waals surface area contributed by atoms with Gasteiger partial charge in [0.1, 0.15) is 6.73 Å². The molecule has 0 unspecified atom stereocenters. The predicted molar refractivity (Wildman–Crippen MR) is 97.5 cm³/mol. The van der Waals surface area contributed by atoms with Crippen LogP contribution >= 0.6 is 0 Å². The van der Waals surface area contributed by atoms with E-state index in [1.165, 1.54) is 12.6 Å². The maximum atomic E-state index is 12.6. The zero-order valence-corrected chi connectivity index (χ0v) is 14.8. The van der Waals surface area contributed by atoms with Gasteiger partial charge in [-0.2, -0.15) is 4.57 Å². The Kier molecular flexibility index (Phi) is 6.44. The molecule has 26 heavy (non-hydrogen) atoms. The van der Waals surface area contributed by atoms with Crippen LogP contribution in [0.5, 0.6) is 0 Å². The smallest absolute Gasteiger partial charge is 0.254 e. The zero-order chi connectivity index (χ0) is 18.2. The molecule has 6 heteroatoms.